The lowest BCUT2D eigenvalue weighted by atomic mass is 10.0. The molecule has 0 aliphatic heterocycles. The first-order valence-corrected chi connectivity index (χ1v) is 5.45. The van der Waals surface area contributed by atoms with Crippen LogP contribution in [0.4, 0.5) is 4.39 Å². The predicted molar refractivity (Wildman–Crippen MR) is 62.5 cm³/mol. The zero-order valence-corrected chi connectivity index (χ0v) is 9.77. The Bertz CT molecular complexity index is 560. The van der Waals surface area contributed by atoms with E-state index in [9.17, 15) is 9.18 Å². The van der Waals surface area contributed by atoms with Crippen molar-refractivity contribution in [3.8, 4) is 0 Å². The molecule has 2 rings (SSSR count). The Balaban J connectivity index is 2.47. The molecule has 0 bridgehead atoms. The van der Waals surface area contributed by atoms with Crippen molar-refractivity contribution in [2.45, 2.75) is 20.4 Å². The lowest BCUT2D eigenvalue weighted by Crippen LogP contribution is -2.12. The average Bonchev–Trinajstić information content (AvgIpc) is 2.79. The van der Waals surface area contributed by atoms with E-state index in [1.807, 2.05) is 6.92 Å². The van der Waals surface area contributed by atoms with Gasteiger partial charge < -0.3 is 4.57 Å². The van der Waals surface area contributed by atoms with Crippen molar-refractivity contribution in [1.29, 1.82) is 0 Å². The molecule has 0 saturated carbocycles. The first-order valence-electron chi connectivity index (χ1n) is 5.45. The predicted octanol–water partition coefficient (Wildman–Crippen LogP) is 2.58. The summed E-state index contributed by atoms with van der Waals surface area (Å²) in [7, 11) is 0. The maximum atomic E-state index is 13.2. The van der Waals surface area contributed by atoms with Gasteiger partial charge in [-0.1, -0.05) is 6.07 Å². The molecule has 4 heteroatoms. The van der Waals surface area contributed by atoms with E-state index in [-0.39, 0.29) is 5.78 Å². The summed E-state index contributed by atoms with van der Waals surface area (Å²) in [5.41, 5.74) is 1.12. The van der Waals surface area contributed by atoms with Crippen molar-refractivity contribution in [2.24, 2.45) is 0 Å². The van der Waals surface area contributed by atoms with E-state index in [1.54, 1.807) is 30.0 Å². The van der Waals surface area contributed by atoms with E-state index in [4.69, 9.17) is 0 Å². The summed E-state index contributed by atoms with van der Waals surface area (Å²) >= 11 is 0. The molecule has 0 aliphatic rings. The summed E-state index contributed by atoms with van der Waals surface area (Å²) < 4.78 is 14.9. The van der Waals surface area contributed by atoms with Gasteiger partial charge in [0.05, 0.1) is 0 Å². The molecule has 0 N–H and O–H groups in total. The SMILES string of the molecule is CCn1ccnc1C(=O)c1cc(F)ccc1C. The summed E-state index contributed by atoms with van der Waals surface area (Å²) in [5, 5.41) is 0. The minimum absolute atomic E-state index is 0.242. The standard InChI is InChI=1S/C13H13FN2O/c1-3-16-7-6-15-13(16)12(17)11-8-10(14)5-4-9(11)2/h4-8H,3H2,1-2H3. The number of halogens is 1. The fourth-order valence-corrected chi connectivity index (χ4v) is 1.73. The summed E-state index contributed by atoms with van der Waals surface area (Å²) in [6.45, 7) is 4.37. The quantitative estimate of drug-likeness (QED) is 0.762. The molecule has 0 aliphatic carbocycles. The molecule has 1 heterocycles. The highest BCUT2D eigenvalue weighted by molar-refractivity contribution is 6.07. The van der Waals surface area contributed by atoms with Gasteiger partial charge in [-0.3, -0.25) is 4.79 Å². The Labute approximate surface area is 98.9 Å². The number of carbonyl (C=O) groups excluding carboxylic acids is 1. The molecule has 1 aromatic heterocycles. The molecule has 2 aromatic rings. The van der Waals surface area contributed by atoms with E-state index < -0.39 is 5.82 Å². The minimum atomic E-state index is -0.409. The number of carbonyl (C=O) groups is 1. The molecule has 0 radical (unpaired) electrons. The maximum absolute atomic E-state index is 13.2. The van der Waals surface area contributed by atoms with Gasteiger partial charge in [-0.05, 0) is 31.5 Å². The van der Waals surface area contributed by atoms with Gasteiger partial charge in [0.25, 0.3) is 0 Å². The maximum Gasteiger partial charge on any atom is 0.228 e. The van der Waals surface area contributed by atoms with Crippen LogP contribution >= 0.6 is 0 Å². The first-order chi connectivity index (χ1) is 8.13. The van der Waals surface area contributed by atoms with Crippen molar-refractivity contribution in [3.63, 3.8) is 0 Å². The van der Waals surface area contributed by atoms with E-state index in [0.29, 0.717) is 17.9 Å². The molecule has 0 fully saturated rings. The van der Waals surface area contributed by atoms with Gasteiger partial charge in [0.15, 0.2) is 5.82 Å². The Morgan fingerprint density at radius 3 is 2.94 bits per heavy atom. The number of ketones is 1. The van der Waals surface area contributed by atoms with Crippen LogP contribution in [0.15, 0.2) is 30.6 Å². The summed E-state index contributed by atoms with van der Waals surface area (Å²) in [5.74, 6) is -0.302. The number of hydrogen-bond donors (Lipinski definition) is 0. The van der Waals surface area contributed by atoms with Crippen LogP contribution in [-0.2, 0) is 6.54 Å². The molecule has 3 nitrogen and oxygen atoms in total. The van der Waals surface area contributed by atoms with Gasteiger partial charge in [0.1, 0.15) is 5.82 Å². The lowest BCUT2D eigenvalue weighted by molar-refractivity contribution is 0.102. The Hall–Kier alpha value is -1.97. The van der Waals surface area contributed by atoms with E-state index >= 15 is 0 Å². The smallest absolute Gasteiger partial charge is 0.228 e. The molecule has 0 atom stereocenters. The lowest BCUT2D eigenvalue weighted by Gasteiger charge is -2.06. The molecule has 0 amide bonds. The largest absolute Gasteiger partial charge is 0.328 e. The minimum Gasteiger partial charge on any atom is -0.328 e. The van der Waals surface area contributed by atoms with Gasteiger partial charge in [0.2, 0.25) is 5.78 Å². The molecule has 0 saturated heterocycles. The monoisotopic (exact) mass is 232 g/mol. The van der Waals surface area contributed by atoms with Crippen LogP contribution in [0.25, 0.3) is 0 Å². The van der Waals surface area contributed by atoms with Gasteiger partial charge >= 0.3 is 0 Å². The highest BCUT2D eigenvalue weighted by Crippen LogP contribution is 2.14. The summed E-state index contributed by atoms with van der Waals surface area (Å²) in [4.78, 5) is 16.2. The second-order valence-electron chi connectivity index (χ2n) is 3.83. The summed E-state index contributed by atoms with van der Waals surface area (Å²) in [6.07, 6.45) is 3.31. The van der Waals surface area contributed by atoms with E-state index in [2.05, 4.69) is 4.98 Å². The number of benzene rings is 1. The second-order valence-corrected chi connectivity index (χ2v) is 3.83. The van der Waals surface area contributed by atoms with Crippen LogP contribution in [0.1, 0.15) is 28.7 Å². The molecule has 88 valence electrons. The molecule has 0 spiro atoms. The molecular formula is C13H13FN2O. The van der Waals surface area contributed by atoms with Gasteiger partial charge in [-0.2, -0.15) is 0 Å². The van der Waals surface area contributed by atoms with Crippen molar-refractivity contribution in [2.75, 3.05) is 0 Å². The third-order valence-electron chi connectivity index (χ3n) is 2.70. The topological polar surface area (TPSA) is 34.9 Å². The van der Waals surface area contributed by atoms with Crippen LogP contribution in [-0.4, -0.2) is 15.3 Å². The van der Waals surface area contributed by atoms with Gasteiger partial charge in [-0.15, -0.1) is 0 Å². The fraction of sp³-hybridized carbons (Fsp3) is 0.231. The zero-order valence-electron chi connectivity index (χ0n) is 9.77. The number of hydrogen-bond acceptors (Lipinski definition) is 2. The zero-order chi connectivity index (χ0) is 12.4. The number of rotatable bonds is 3. The van der Waals surface area contributed by atoms with Crippen LogP contribution in [0, 0.1) is 12.7 Å². The Kier molecular flexibility index (Phi) is 3.04. The fourth-order valence-electron chi connectivity index (χ4n) is 1.73. The molecule has 1 aromatic carbocycles. The van der Waals surface area contributed by atoms with E-state index in [1.165, 1.54) is 12.1 Å². The molecule has 17 heavy (non-hydrogen) atoms. The molecule has 0 unspecified atom stereocenters. The average molecular weight is 232 g/mol. The van der Waals surface area contributed by atoms with Crippen LogP contribution in [0.2, 0.25) is 0 Å². The first kappa shape index (κ1) is 11.5. The van der Waals surface area contributed by atoms with Crippen molar-refractivity contribution >= 4 is 5.78 Å². The number of aromatic nitrogens is 2. The highest BCUT2D eigenvalue weighted by Gasteiger charge is 2.17. The number of nitrogens with zero attached hydrogens (tertiary/aromatic N) is 2. The summed E-state index contributed by atoms with van der Waals surface area (Å²) in [6, 6.07) is 4.20. The van der Waals surface area contributed by atoms with Crippen LogP contribution < -0.4 is 0 Å². The van der Waals surface area contributed by atoms with Crippen molar-refractivity contribution < 1.29 is 9.18 Å². The van der Waals surface area contributed by atoms with E-state index in [0.717, 1.165) is 5.56 Å². The second kappa shape index (κ2) is 4.49. The van der Waals surface area contributed by atoms with Crippen LogP contribution in [0.3, 0.4) is 0 Å². The molecular weight excluding hydrogens is 219 g/mol. The highest BCUT2D eigenvalue weighted by atomic mass is 19.1. The van der Waals surface area contributed by atoms with Crippen molar-refractivity contribution in [3.05, 3.63) is 53.4 Å². The third kappa shape index (κ3) is 2.11. The number of imidazole rings is 1. The van der Waals surface area contributed by atoms with Gasteiger partial charge in [-0.25, -0.2) is 9.37 Å². The van der Waals surface area contributed by atoms with Crippen molar-refractivity contribution in [1.82, 2.24) is 9.55 Å². The Morgan fingerprint density at radius 1 is 1.47 bits per heavy atom. The van der Waals surface area contributed by atoms with Gasteiger partial charge in [0, 0.05) is 24.5 Å². The number of aryl methyl sites for hydroxylation is 2. The normalized spacial score (nSPS) is 10.5. The third-order valence-corrected chi connectivity index (χ3v) is 2.70. The Morgan fingerprint density at radius 2 is 2.24 bits per heavy atom. The van der Waals surface area contributed by atoms with Crippen LogP contribution in [0.5, 0.6) is 0 Å².